The summed E-state index contributed by atoms with van der Waals surface area (Å²) in [5, 5.41) is 5.00. The summed E-state index contributed by atoms with van der Waals surface area (Å²) in [7, 11) is 2.05. The lowest BCUT2D eigenvalue weighted by Gasteiger charge is -2.25. The number of anilines is 3. The molecule has 2 aromatic carbocycles. The summed E-state index contributed by atoms with van der Waals surface area (Å²) < 4.78 is 8.07. The molecule has 7 heteroatoms. The van der Waals surface area contributed by atoms with E-state index in [1.807, 2.05) is 18.2 Å². The first kappa shape index (κ1) is 22.8. The number of aromatic nitrogens is 2. The van der Waals surface area contributed by atoms with Gasteiger partial charge in [0.05, 0.1) is 29.0 Å². The van der Waals surface area contributed by atoms with Gasteiger partial charge in [0.25, 0.3) is 0 Å². The molecule has 0 amide bonds. The Balaban J connectivity index is 1.97. The van der Waals surface area contributed by atoms with Gasteiger partial charge in [0.2, 0.25) is 5.95 Å². The smallest absolute Gasteiger partial charge is 0.208 e. The summed E-state index contributed by atoms with van der Waals surface area (Å²) in [4.78, 5) is 7.31. The van der Waals surface area contributed by atoms with Crippen molar-refractivity contribution in [3.05, 3.63) is 41.4 Å². The molecule has 0 aliphatic carbocycles. The number of nitrogens with one attached hydrogen (secondary N) is 1. The van der Waals surface area contributed by atoms with Gasteiger partial charge in [-0.05, 0) is 43.5 Å². The van der Waals surface area contributed by atoms with Gasteiger partial charge in [0.1, 0.15) is 5.75 Å². The number of hydrogen-bond donors (Lipinski definition) is 1. The summed E-state index contributed by atoms with van der Waals surface area (Å²) in [6.07, 6.45) is 3.14. The second-order valence-electron chi connectivity index (χ2n) is 7.28. The van der Waals surface area contributed by atoms with Gasteiger partial charge in [-0.1, -0.05) is 47.4 Å². The van der Waals surface area contributed by atoms with Gasteiger partial charge in [0.15, 0.2) is 0 Å². The van der Waals surface area contributed by atoms with Gasteiger partial charge in [0, 0.05) is 36.6 Å². The van der Waals surface area contributed by atoms with E-state index in [1.165, 1.54) is 5.69 Å². The Bertz CT molecular complexity index is 969. The van der Waals surface area contributed by atoms with Crippen molar-refractivity contribution in [3.63, 3.8) is 0 Å². The Kier molecular flexibility index (Phi) is 8.28. The number of benzene rings is 2. The molecule has 1 N–H and O–H groups in total. The Morgan fingerprint density at radius 2 is 1.93 bits per heavy atom. The molecule has 0 fully saturated rings. The summed E-state index contributed by atoms with van der Waals surface area (Å²) in [6, 6.07) is 12.0. The van der Waals surface area contributed by atoms with E-state index in [0.29, 0.717) is 11.6 Å². The zero-order valence-corrected chi connectivity index (χ0v) is 20.3. The molecule has 1 aromatic heterocycles. The van der Waals surface area contributed by atoms with E-state index in [-0.39, 0.29) is 0 Å². The maximum absolute atomic E-state index is 6.20. The number of hydrogen-bond acceptors (Lipinski definition) is 4. The van der Waals surface area contributed by atoms with Crippen LogP contribution in [0.2, 0.25) is 5.02 Å². The quantitative estimate of drug-likeness (QED) is 0.237. The van der Waals surface area contributed by atoms with Crippen LogP contribution in [0, 0.1) is 0 Å². The lowest BCUT2D eigenvalue weighted by Crippen LogP contribution is -2.25. The number of alkyl halides is 1. The summed E-state index contributed by atoms with van der Waals surface area (Å²) in [6.45, 7) is 7.12. The Hall–Kier alpha value is -1.92. The van der Waals surface area contributed by atoms with Crippen molar-refractivity contribution >= 4 is 55.9 Å². The molecule has 0 bridgehead atoms. The molecule has 0 unspecified atom stereocenters. The number of imidazole rings is 1. The highest BCUT2D eigenvalue weighted by Crippen LogP contribution is 2.34. The maximum atomic E-state index is 6.20. The molecular weight excluding hydrogens is 464 g/mol. The van der Waals surface area contributed by atoms with Gasteiger partial charge in [-0.3, -0.25) is 0 Å². The number of para-hydroxylation sites is 1. The van der Waals surface area contributed by atoms with E-state index >= 15 is 0 Å². The highest BCUT2D eigenvalue weighted by atomic mass is 79.9. The molecule has 5 nitrogen and oxygen atoms in total. The minimum absolute atomic E-state index is 0.621. The van der Waals surface area contributed by atoms with Crippen molar-refractivity contribution in [1.82, 2.24) is 9.55 Å². The van der Waals surface area contributed by atoms with Gasteiger partial charge >= 0.3 is 0 Å². The van der Waals surface area contributed by atoms with E-state index in [4.69, 9.17) is 21.3 Å². The number of nitrogens with zero attached hydrogens (tertiary/aromatic N) is 3. The monoisotopic (exact) mass is 492 g/mol. The third-order valence-corrected chi connectivity index (χ3v) is 5.72. The SMILES string of the molecule is CCCN(CCC)c1cccc2nc(Nc3ccc(Cl)cc3OCCCBr)n(C)c12. The fourth-order valence-corrected chi connectivity index (χ4v) is 3.97. The van der Waals surface area contributed by atoms with Crippen molar-refractivity contribution in [2.45, 2.75) is 33.1 Å². The van der Waals surface area contributed by atoms with E-state index in [2.05, 4.69) is 69.8 Å². The summed E-state index contributed by atoms with van der Waals surface area (Å²) >= 11 is 9.64. The van der Waals surface area contributed by atoms with Gasteiger partial charge in [-0.25, -0.2) is 4.98 Å². The van der Waals surface area contributed by atoms with Crippen LogP contribution in [-0.4, -0.2) is 34.6 Å². The first-order valence-electron chi connectivity index (χ1n) is 10.5. The molecule has 0 aliphatic rings. The Morgan fingerprint density at radius 1 is 1.17 bits per heavy atom. The average Bonchev–Trinajstić information content (AvgIpc) is 3.05. The van der Waals surface area contributed by atoms with Crippen molar-refractivity contribution in [1.29, 1.82) is 0 Å². The maximum Gasteiger partial charge on any atom is 0.208 e. The molecule has 0 saturated carbocycles. The van der Waals surface area contributed by atoms with Crippen molar-refractivity contribution < 1.29 is 4.74 Å². The summed E-state index contributed by atoms with van der Waals surface area (Å²) in [5.74, 6) is 1.51. The molecule has 3 aromatic rings. The van der Waals surface area contributed by atoms with Crippen LogP contribution >= 0.6 is 27.5 Å². The lowest BCUT2D eigenvalue weighted by molar-refractivity contribution is 0.320. The minimum atomic E-state index is 0.621. The average molecular weight is 494 g/mol. The summed E-state index contributed by atoms with van der Waals surface area (Å²) in [5.41, 5.74) is 4.19. The number of aryl methyl sites for hydroxylation is 1. The number of fused-ring (bicyclic) bond motifs is 1. The van der Waals surface area contributed by atoms with Crippen LogP contribution in [0.5, 0.6) is 5.75 Å². The lowest BCUT2D eigenvalue weighted by atomic mass is 10.2. The van der Waals surface area contributed by atoms with Crippen molar-refractivity contribution in [2.75, 3.05) is 35.2 Å². The van der Waals surface area contributed by atoms with Crippen LogP contribution in [-0.2, 0) is 7.05 Å². The van der Waals surface area contributed by atoms with Gasteiger partial charge in [-0.2, -0.15) is 0 Å². The number of halogens is 2. The van der Waals surface area contributed by atoms with Crippen molar-refractivity contribution in [2.24, 2.45) is 7.05 Å². The van der Waals surface area contributed by atoms with Gasteiger partial charge in [-0.15, -0.1) is 0 Å². The van der Waals surface area contributed by atoms with E-state index in [0.717, 1.165) is 66.1 Å². The Morgan fingerprint density at radius 3 is 2.63 bits per heavy atom. The van der Waals surface area contributed by atoms with Crippen LogP contribution < -0.4 is 15.0 Å². The predicted molar refractivity (Wildman–Crippen MR) is 132 cm³/mol. The first-order valence-corrected chi connectivity index (χ1v) is 12.0. The molecule has 3 rings (SSSR count). The molecule has 30 heavy (non-hydrogen) atoms. The molecule has 162 valence electrons. The predicted octanol–water partition coefficient (Wildman–Crippen LogP) is 6.76. The van der Waals surface area contributed by atoms with E-state index in [1.54, 1.807) is 0 Å². The molecule has 1 heterocycles. The number of ether oxygens (including phenoxy) is 1. The fourth-order valence-electron chi connectivity index (χ4n) is 3.58. The highest BCUT2D eigenvalue weighted by molar-refractivity contribution is 9.09. The second kappa shape index (κ2) is 10.9. The molecule has 0 aliphatic heterocycles. The van der Waals surface area contributed by atoms with Gasteiger partial charge < -0.3 is 19.5 Å². The van der Waals surface area contributed by atoms with Crippen LogP contribution in [0.1, 0.15) is 33.1 Å². The standard InChI is InChI=1S/C23H30BrClN4O/c1-4-13-29(14-5-2)20-9-6-8-19-22(20)28(3)23(27-19)26-18-11-10-17(25)16-21(18)30-15-7-12-24/h6,8-11,16H,4-5,7,12-15H2,1-3H3,(H,26,27). The second-order valence-corrected chi connectivity index (χ2v) is 8.51. The minimum Gasteiger partial charge on any atom is -0.491 e. The first-order chi connectivity index (χ1) is 14.6. The van der Waals surface area contributed by atoms with E-state index in [9.17, 15) is 0 Å². The fraction of sp³-hybridized carbons (Fsp3) is 0.435. The van der Waals surface area contributed by atoms with Crippen LogP contribution in [0.15, 0.2) is 36.4 Å². The highest BCUT2D eigenvalue weighted by Gasteiger charge is 2.16. The van der Waals surface area contributed by atoms with Crippen molar-refractivity contribution in [3.8, 4) is 5.75 Å². The third kappa shape index (κ3) is 5.22. The molecule has 0 radical (unpaired) electrons. The molecule has 0 spiro atoms. The topological polar surface area (TPSA) is 42.3 Å². The number of rotatable bonds is 11. The van der Waals surface area contributed by atoms with E-state index < -0.39 is 0 Å². The zero-order valence-electron chi connectivity index (χ0n) is 17.9. The zero-order chi connectivity index (χ0) is 21.5. The molecular formula is C23H30BrClN4O. The molecule has 0 atom stereocenters. The normalized spacial score (nSPS) is 11.1. The largest absolute Gasteiger partial charge is 0.491 e. The van der Waals surface area contributed by atoms with Crippen LogP contribution in [0.4, 0.5) is 17.3 Å². The molecule has 0 saturated heterocycles. The Labute approximate surface area is 192 Å². The van der Waals surface area contributed by atoms with Crippen LogP contribution in [0.25, 0.3) is 11.0 Å². The van der Waals surface area contributed by atoms with Crippen LogP contribution in [0.3, 0.4) is 0 Å². The third-order valence-electron chi connectivity index (χ3n) is 4.93.